The highest BCUT2D eigenvalue weighted by atomic mass is 14.9. The lowest BCUT2D eigenvalue weighted by Crippen LogP contribution is -2.12. The maximum atomic E-state index is 4.21. The fourth-order valence-electron chi connectivity index (χ4n) is 2.87. The van der Waals surface area contributed by atoms with Crippen LogP contribution in [0.5, 0.6) is 0 Å². The molecule has 0 spiro atoms. The predicted molar refractivity (Wildman–Crippen MR) is 89.7 cm³/mol. The summed E-state index contributed by atoms with van der Waals surface area (Å²) in [5, 5.41) is 3.42. The molecule has 0 aliphatic carbocycles. The minimum atomic E-state index is 0.794. The molecular weight excluding hydrogens is 254 g/mol. The van der Waals surface area contributed by atoms with E-state index in [1.165, 1.54) is 22.3 Å². The SMILES string of the molecule is C=C(C)C1=C(c2ccccc2)c2ccccc2CNC1=C. The van der Waals surface area contributed by atoms with Crippen molar-refractivity contribution in [3.05, 3.63) is 101 Å². The second-order valence-electron chi connectivity index (χ2n) is 5.39. The monoisotopic (exact) mass is 273 g/mol. The highest BCUT2D eigenvalue weighted by molar-refractivity contribution is 5.88. The molecule has 2 aromatic carbocycles. The Labute approximate surface area is 126 Å². The molecule has 0 bridgehead atoms. The molecule has 1 nitrogen and oxygen atoms in total. The second-order valence-corrected chi connectivity index (χ2v) is 5.39. The van der Waals surface area contributed by atoms with Gasteiger partial charge in [-0.05, 0) is 34.8 Å². The van der Waals surface area contributed by atoms with Gasteiger partial charge >= 0.3 is 0 Å². The van der Waals surface area contributed by atoms with Gasteiger partial charge in [0.15, 0.2) is 0 Å². The Bertz CT molecular complexity index is 735. The molecule has 1 heterocycles. The zero-order valence-corrected chi connectivity index (χ0v) is 12.3. The van der Waals surface area contributed by atoms with Crippen LogP contribution in [0, 0.1) is 0 Å². The maximum absolute atomic E-state index is 4.21. The quantitative estimate of drug-likeness (QED) is 0.837. The molecule has 2 aromatic rings. The first-order valence-corrected chi connectivity index (χ1v) is 7.15. The number of benzene rings is 2. The standard InChI is InChI=1S/C20H19N/c1-14(2)19-15(3)21-13-17-11-7-8-12-18(17)20(19)16-9-5-4-6-10-16/h4-12,21H,1,3,13H2,2H3. The van der Waals surface area contributed by atoms with Gasteiger partial charge in [0.2, 0.25) is 0 Å². The van der Waals surface area contributed by atoms with Crippen molar-refractivity contribution in [2.24, 2.45) is 0 Å². The van der Waals surface area contributed by atoms with Crippen LogP contribution in [0.25, 0.3) is 5.57 Å². The summed E-state index contributed by atoms with van der Waals surface area (Å²) in [6, 6.07) is 19.0. The van der Waals surface area contributed by atoms with Crippen LogP contribution in [0.15, 0.2) is 84.6 Å². The number of allylic oxidation sites excluding steroid dienone is 1. The average Bonchev–Trinajstić information content (AvgIpc) is 2.65. The second kappa shape index (κ2) is 5.45. The molecule has 3 rings (SSSR count). The van der Waals surface area contributed by atoms with Crippen molar-refractivity contribution in [1.29, 1.82) is 0 Å². The third-order valence-corrected chi connectivity index (χ3v) is 3.82. The minimum absolute atomic E-state index is 0.794. The molecule has 1 N–H and O–H groups in total. The van der Waals surface area contributed by atoms with Crippen molar-refractivity contribution in [3.63, 3.8) is 0 Å². The average molecular weight is 273 g/mol. The van der Waals surface area contributed by atoms with Gasteiger partial charge in [-0.25, -0.2) is 0 Å². The molecule has 0 saturated heterocycles. The van der Waals surface area contributed by atoms with Crippen LogP contribution in [0.3, 0.4) is 0 Å². The summed E-state index contributed by atoms with van der Waals surface area (Å²) in [5.41, 5.74) is 8.05. The molecule has 1 heteroatoms. The van der Waals surface area contributed by atoms with Crippen LogP contribution in [0.1, 0.15) is 23.6 Å². The van der Waals surface area contributed by atoms with Gasteiger partial charge in [0.1, 0.15) is 0 Å². The van der Waals surface area contributed by atoms with Crippen molar-refractivity contribution in [1.82, 2.24) is 5.32 Å². The van der Waals surface area contributed by atoms with E-state index in [2.05, 4.69) is 67.0 Å². The Kier molecular flexibility index (Phi) is 3.49. The van der Waals surface area contributed by atoms with Gasteiger partial charge in [0.25, 0.3) is 0 Å². The smallest absolute Gasteiger partial charge is 0.0406 e. The summed E-state index contributed by atoms with van der Waals surface area (Å²) in [6.45, 7) is 11.2. The molecule has 0 saturated carbocycles. The lowest BCUT2D eigenvalue weighted by Gasteiger charge is -2.16. The van der Waals surface area contributed by atoms with Crippen LogP contribution in [0.4, 0.5) is 0 Å². The Balaban J connectivity index is 2.36. The van der Waals surface area contributed by atoms with Gasteiger partial charge in [-0.15, -0.1) is 0 Å². The Hall–Kier alpha value is -2.54. The third kappa shape index (κ3) is 2.43. The molecule has 21 heavy (non-hydrogen) atoms. The van der Waals surface area contributed by atoms with E-state index in [1.54, 1.807) is 0 Å². The van der Waals surface area contributed by atoms with E-state index in [-0.39, 0.29) is 0 Å². The van der Waals surface area contributed by atoms with Crippen molar-refractivity contribution < 1.29 is 0 Å². The molecular formula is C20H19N. The summed E-state index contributed by atoms with van der Waals surface area (Å²) >= 11 is 0. The summed E-state index contributed by atoms with van der Waals surface area (Å²) in [5.74, 6) is 0. The van der Waals surface area contributed by atoms with Crippen LogP contribution in [-0.4, -0.2) is 0 Å². The van der Waals surface area contributed by atoms with Crippen LogP contribution < -0.4 is 5.32 Å². The van der Waals surface area contributed by atoms with Gasteiger partial charge in [-0.2, -0.15) is 0 Å². The van der Waals surface area contributed by atoms with E-state index in [0.29, 0.717) is 0 Å². The number of hydrogen-bond acceptors (Lipinski definition) is 1. The lowest BCUT2D eigenvalue weighted by atomic mass is 9.88. The lowest BCUT2D eigenvalue weighted by molar-refractivity contribution is 0.832. The maximum Gasteiger partial charge on any atom is 0.0406 e. The molecule has 1 aliphatic heterocycles. The molecule has 0 atom stereocenters. The summed E-state index contributed by atoms with van der Waals surface area (Å²) < 4.78 is 0. The van der Waals surface area contributed by atoms with Gasteiger partial charge in [-0.3, -0.25) is 0 Å². The number of nitrogens with one attached hydrogen (secondary N) is 1. The summed E-state index contributed by atoms with van der Waals surface area (Å²) in [7, 11) is 0. The Morgan fingerprint density at radius 1 is 1.00 bits per heavy atom. The number of hydrogen-bond donors (Lipinski definition) is 1. The fraction of sp³-hybridized carbons (Fsp3) is 0.100. The molecule has 0 radical (unpaired) electrons. The highest BCUT2D eigenvalue weighted by Crippen LogP contribution is 2.36. The van der Waals surface area contributed by atoms with E-state index in [4.69, 9.17) is 0 Å². The highest BCUT2D eigenvalue weighted by Gasteiger charge is 2.20. The topological polar surface area (TPSA) is 12.0 Å². The molecule has 0 fully saturated rings. The van der Waals surface area contributed by atoms with Crippen molar-refractivity contribution in [2.75, 3.05) is 0 Å². The van der Waals surface area contributed by atoms with E-state index >= 15 is 0 Å². The van der Waals surface area contributed by atoms with E-state index in [0.717, 1.165) is 23.4 Å². The molecule has 1 aliphatic rings. The van der Waals surface area contributed by atoms with E-state index < -0.39 is 0 Å². The number of fused-ring (bicyclic) bond motifs is 1. The Morgan fingerprint density at radius 2 is 1.67 bits per heavy atom. The Morgan fingerprint density at radius 3 is 2.38 bits per heavy atom. The minimum Gasteiger partial charge on any atom is -0.381 e. The predicted octanol–water partition coefficient (Wildman–Crippen LogP) is 4.68. The summed E-state index contributed by atoms with van der Waals surface area (Å²) in [6.07, 6.45) is 0. The normalized spacial score (nSPS) is 14.2. The van der Waals surface area contributed by atoms with Gasteiger partial charge in [0.05, 0.1) is 0 Å². The van der Waals surface area contributed by atoms with Crippen LogP contribution in [0.2, 0.25) is 0 Å². The van der Waals surface area contributed by atoms with Crippen molar-refractivity contribution >= 4 is 5.57 Å². The first-order valence-electron chi connectivity index (χ1n) is 7.15. The largest absolute Gasteiger partial charge is 0.381 e. The zero-order chi connectivity index (χ0) is 14.8. The van der Waals surface area contributed by atoms with Crippen molar-refractivity contribution in [3.8, 4) is 0 Å². The van der Waals surface area contributed by atoms with Crippen LogP contribution >= 0.6 is 0 Å². The molecule has 0 amide bonds. The zero-order valence-electron chi connectivity index (χ0n) is 12.3. The fourth-order valence-corrected chi connectivity index (χ4v) is 2.87. The first kappa shape index (κ1) is 13.4. The van der Waals surface area contributed by atoms with E-state index in [9.17, 15) is 0 Å². The van der Waals surface area contributed by atoms with Crippen LogP contribution in [-0.2, 0) is 6.54 Å². The van der Waals surface area contributed by atoms with Gasteiger partial charge in [0, 0.05) is 17.8 Å². The first-order chi connectivity index (χ1) is 10.2. The van der Waals surface area contributed by atoms with Gasteiger partial charge in [-0.1, -0.05) is 67.8 Å². The molecule has 104 valence electrons. The molecule has 0 aromatic heterocycles. The summed E-state index contributed by atoms with van der Waals surface area (Å²) in [4.78, 5) is 0. The van der Waals surface area contributed by atoms with Crippen molar-refractivity contribution in [2.45, 2.75) is 13.5 Å². The molecule has 0 unspecified atom stereocenters. The third-order valence-electron chi connectivity index (χ3n) is 3.82. The number of rotatable bonds is 2. The van der Waals surface area contributed by atoms with E-state index in [1.807, 2.05) is 13.0 Å². The van der Waals surface area contributed by atoms with Gasteiger partial charge < -0.3 is 5.32 Å².